The van der Waals surface area contributed by atoms with Crippen molar-refractivity contribution >= 4 is 9.84 Å². The highest BCUT2D eigenvalue weighted by molar-refractivity contribution is 7.95. The quantitative estimate of drug-likeness (QED) is 0.773. The second kappa shape index (κ2) is 3.93. The molecule has 0 spiro atoms. The molecule has 0 unspecified atom stereocenters. The fourth-order valence-corrected chi connectivity index (χ4v) is 1.23. The molecular formula is C10H21NO2S. The van der Waals surface area contributed by atoms with Gasteiger partial charge in [0.15, 0.2) is 9.84 Å². The third-order valence-corrected chi connectivity index (χ3v) is 3.82. The van der Waals surface area contributed by atoms with Crippen LogP contribution in [0.25, 0.3) is 0 Å². The lowest BCUT2D eigenvalue weighted by Crippen LogP contribution is -2.32. The molecule has 1 N–H and O–H groups in total. The molecule has 0 aromatic carbocycles. The van der Waals surface area contributed by atoms with Crippen LogP contribution in [0.5, 0.6) is 0 Å². The fourth-order valence-electron chi connectivity index (χ4n) is 0.578. The predicted molar refractivity (Wildman–Crippen MR) is 60.7 cm³/mol. The zero-order valence-corrected chi connectivity index (χ0v) is 10.7. The first-order chi connectivity index (χ1) is 5.96. The average molecular weight is 219 g/mol. The van der Waals surface area contributed by atoms with Gasteiger partial charge < -0.3 is 5.32 Å². The van der Waals surface area contributed by atoms with Gasteiger partial charge in [0.25, 0.3) is 0 Å². The lowest BCUT2D eigenvalue weighted by atomic mass is 10.1. The summed E-state index contributed by atoms with van der Waals surface area (Å²) in [4.78, 5) is 0. The predicted octanol–water partition coefficient (Wildman–Crippen LogP) is 2.06. The van der Waals surface area contributed by atoms with Crippen molar-refractivity contribution in [1.29, 1.82) is 0 Å². The third kappa shape index (κ3) is 4.65. The molecule has 0 aliphatic carbocycles. The van der Waals surface area contributed by atoms with Crippen LogP contribution in [0.15, 0.2) is 11.6 Å². The molecule has 0 amide bonds. The molecule has 14 heavy (non-hydrogen) atoms. The minimum atomic E-state index is -3.16. The van der Waals surface area contributed by atoms with Crippen molar-refractivity contribution in [1.82, 2.24) is 5.32 Å². The van der Waals surface area contributed by atoms with Gasteiger partial charge in [0.1, 0.15) is 0 Å². The second-order valence-corrected chi connectivity index (χ2v) is 7.94. The van der Waals surface area contributed by atoms with E-state index in [1.54, 1.807) is 20.8 Å². The summed E-state index contributed by atoms with van der Waals surface area (Å²) in [7, 11) is -3.16. The largest absolute Gasteiger partial charge is 0.386 e. The van der Waals surface area contributed by atoms with E-state index in [0.29, 0.717) is 0 Å². The van der Waals surface area contributed by atoms with E-state index in [1.807, 2.05) is 20.8 Å². The van der Waals surface area contributed by atoms with Crippen LogP contribution in [0.3, 0.4) is 0 Å². The van der Waals surface area contributed by atoms with E-state index in [-0.39, 0.29) is 5.54 Å². The first kappa shape index (κ1) is 13.5. The summed E-state index contributed by atoms with van der Waals surface area (Å²) >= 11 is 0. The fraction of sp³-hybridized carbons (Fsp3) is 0.800. The highest BCUT2D eigenvalue weighted by atomic mass is 32.2. The van der Waals surface area contributed by atoms with Crippen LogP contribution in [0.1, 0.15) is 41.5 Å². The maximum atomic E-state index is 11.6. The smallest absolute Gasteiger partial charge is 0.177 e. The number of nitrogens with one attached hydrogen (secondary N) is 1. The van der Waals surface area contributed by atoms with Crippen molar-refractivity contribution < 1.29 is 8.42 Å². The van der Waals surface area contributed by atoms with E-state index in [9.17, 15) is 8.42 Å². The van der Waals surface area contributed by atoms with Gasteiger partial charge in [0, 0.05) is 17.1 Å². The normalized spacial score (nSPS) is 14.7. The first-order valence-corrected chi connectivity index (χ1v) is 6.19. The van der Waals surface area contributed by atoms with Gasteiger partial charge in [-0.3, -0.25) is 0 Å². The summed E-state index contributed by atoms with van der Waals surface area (Å²) in [6.45, 7) is 11.0. The Bertz CT molecular complexity index is 302. The molecule has 84 valence electrons. The van der Waals surface area contributed by atoms with Crippen LogP contribution >= 0.6 is 0 Å². The van der Waals surface area contributed by atoms with Gasteiger partial charge in [0.2, 0.25) is 0 Å². The van der Waals surface area contributed by atoms with Crippen molar-refractivity contribution in [3.8, 4) is 0 Å². The number of hydrogen-bond acceptors (Lipinski definition) is 3. The Labute approximate surface area is 87.5 Å². The van der Waals surface area contributed by atoms with E-state index in [0.717, 1.165) is 0 Å². The van der Waals surface area contributed by atoms with Crippen LogP contribution in [-0.4, -0.2) is 18.7 Å². The zero-order chi connectivity index (χ0) is 11.6. The molecule has 0 saturated heterocycles. The monoisotopic (exact) mass is 219 g/mol. The van der Waals surface area contributed by atoms with Crippen LogP contribution < -0.4 is 5.32 Å². The Morgan fingerprint density at radius 3 is 1.71 bits per heavy atom. The lowest BCUT2D eigenvalue weighted by Gasteiger charge is -2.20. The van der Waals surface area contributed by atoms with Gasteiger partial charge in [-0.25, -0.2) is 8.42 Å². The summed E-state index contributed by atoms with van der Waals surface area (Å²) < 4.78 is 22.5. The molecule has 0 aromatic heterocycles. The Morgan fingerprint density at radius 2 is 1.43 bits per heavy atom. The number of rotatable bonds is 2. The van der Waals surface area contributed by atoms with E-state index in [4.69, 9.17) is 0 Å². The topological polar surface area (TPSA) is 46.2 Å². The van der Waals surface area contributed by atoms with E-state index < -0.39 is 14.6 Å². The molecule has 0 radical (unpaired) electrons. The van der Waals surface area contributed by atoms with E-state index in [2.05, 4.69) is 5.32 Å². The Hall–Kier alpha value is -0.510. The van der Waals surface area contributed by atoms with Crippen molar-refractivity contribution in [2.24, 2.45) is 0 Å². The molecule has 0 aliphatic rings. The van der Waals surface area contributed by atoms with Crippen molar-refractivity contribution in [3.05, 3.63) is 11.6 Å². The van der Waals surface area contributed by atoms with Gasteiger partial charge in [-0.15, -0.1) is 0 Å². The Kier molecular flexibility index (Phi) is 3.78. The third-order valence-electron chi connectivity index (χ3n) is 1.62. The molecule has 0 aliphatic heterocycles. The second-order valence-electron chi connectivity index (χ2n) is 5.35. The van der Waals surface area contributed by atoms with Gasteiger partial charge in [-0.05, 0) is 41.5 Å². The maximum Gasteiger partial charge on any atom is 0.177 e. The van der Waals surface area contributed by atoms with Gasteiger partial charge >= 0.3 is 0 Å². The maximum absolute atomic E-state index is 11.6. The molecule has 0 bridgehead atoms. The Morgan fingerprint density at radius 1 is 1.00 bits per heavy atom. The van der Waals surface area contributed by atoms with Gasteiger partial charge in [0.05, 0.1) is 4.75 Å². The molecule has 4 heteroatoms. The molecular weight excluding hydrogens is 198 g/mol. The van der Waals surface area contributed by atoms with E-state index in [1.165, 1.54) is 11.6 Å². The summed E-state index contributed by atoms with van der Waals surface area (Å²) in [6.07, 6.45) is 1.50. The van der Waals surface area contributed by atoms with Crippen molar-refractivity contribution in [2.75, 3.05) is 0 Å². The minimum Gasteiger partial charge on any atom is -0.386 e. The average Bonchev–Trinajstić information content (AvgIpc) is 1.80. The first-order valence-electron chi connectivity index (χ1n) is 4.65. The van der Waals surface area contributed by atoms with Crippen LogP contribution in [0, 0.1) is 0 Å². The van der Waals surface area contributed by atoms with Crippen molar-refractivity contribution in [2.45, 2.75) is 51.8 Å². The molecule has 3 nitrogen and oxygen atoms in total. The lowest BCUT2D eigenvalue weighted by molar-refractivity contribution is 0.491. The summed E-state index contributed by atoms with van der Waals surface area (Å²) in [5.41, 5.74) is -0.107. The molecule has 0 saturated carbocycles. The molecule has 0 aromatic rings. The SMILES string of the molecule is CC(C)(C)N/C=C\S(=O)(=O)C(C)(C)C. The summed E-state index contributed by atoms with van der Waals surface area (Å²) in [5, 5.41) is 4.22. The number of hydrogen-bond donors (Lipinski definition) is 1. The molecule has 0 rings (SSSR count). The van der Waals surface area contributed by atoms with Gasteiger partial charge in [-0.2, -0.15) is 0 Å². The Balaban J connectivity index is 4.56. The van der Waals surface area contributed by atoms with Crippen molar-refractivity contribution in [3.63, 3.8) is 0 Å². The highest BCUT2D eigenvalue weighted by Crippen LogP contribution is 2.16. The standard InChI is InChI=1S/C10H21NO2S/c1-9(2,3)11-7-8-14(12,13)10(4,5)6/h7-8,11H,1-6H3/b8-7-. The minimum absolute atomic E-state index is 0.107. The summed E-state index contributed by atoms with van der Waals surface area (Å²) in [6, 6.07) is 0. The summed E-state index contributed by atoms with van der Waals surface area (Å²) in [5.74, 6) is 0. The van der Waals surface area contributed by atoms with Crippen LogP contribution in [-0.2, 0) is 9.84 Å². The zero-order valence-electron chi connectivity index (χ0n) is 9.88. The van der Waals surface area contributed by atoms with Crippen LogP contribution in [0.4, 0.5) is 0 Å². The van der Waals surface area contributed by atoms with E-state index >= 15 is 0 Å². The molecule has 0 atom stereocenters. The van der Waals surface area contributed by atoms with Crippen LogP contribution in [0.2, 0.25) is 0 Å². The van der Waals surface area contributed by atoms with Gasteiger partial charge in [-0.1, -0.05) is 0 Å². The highest BCUT2D eigenvalue weighted by Gasteiger charge is 2.26. The molecule has 0 heterocycles. The number of sulfone groups is 1. The molecule has 0 fully saturated rings.